The highest BCUT2D eigenvalue weighted by molar-refractivity contribution is 5.73. The first-order valence-corrected chi connectivity index (χ1v) is 8.89. The molecule has 1 unspecified atom stereocenters. The van der Waals surface area contributed by atoms with Crippen molar-refractivity contribution >= 4 is 6.03 Å². The molecule has 0 saturated carbocycles. The number of benzene rings is 1. The van der Waals surface area contributed by atoms with Crippen LogP contribution in [0.25, 0.3) is 0 Å². The maximum absolute atomic E-state index is 12.0. The lowest BCUT2D eigenvalue weighted by molar-refractivity contribution is 0.0412. The normalized spacial score (nSPS) is 18.8. The van der Waals surface area contributed by atoms with Gasteiger partial charge in [-0.3, -0.25) is 0 Å². The number of amides is 2. The van der Waals surface area contributed by atoms with Crippen LogP contribution in [0.15, 0.2) is 36.7 Å². The number of hydrogen-bond donors (Lipinski definition) is 3. The Bertz CT molecular complexity index is 728. The number of hydrogen-bond acceptors (Lipinski definition) is 3. The Kier molecular flexibility index (Phi) is 5.38. The van der Waals surface area contributed by atoms with Gasteiger partial charge in [-0.1, -0.05) is 24.3 Å². The summed E-state index contributed by atoms with van der Waals surface area (Å²) in [5.41, 5.74) is 1.15. The Balaban J connectivity index is 1.35. The third kappa shape index (κ3) is 4.20. The van der Waals surface area contributed by atoms with Crippen molar-refractivity contribution in [3.05, 3.63) is 53.6 Å². The summed E-state index contributed by atoms with van der Waals surface area (Å²) in [4.78, 5) is 16.1. The Morgan fingerprint density at radius 2 is 2.16 bits per heavy atom. The summed E-state index contributed by atoms with van der Waals surface area (Å²) in [6, 6.07) is 7.67. The summed E-state index contributed by atoms with van der Waals surface area (Å²) in [6.45, 7) is 3.75. The van der Waals surface area contributed by atoms with Crippen LogP contribution in [0.5, 0.6) is 0 Å². The van der Waals surface area contributed by atoms with Crippen LogP contribution in [0.2, 0.25) is 0 Å². The number of carbonyl (C=O) groups excluding carboxylic acids is 1. The van der Waals surface area contributed by atoms with E-state index < -0.39 is 5.60 Å². The van der Waals surface area contributed by atoms with Crippen LogP contribution in [-0.2, 0) is 18.6 Å². The fourth-order valence-corrected chi connectivity index (χ4v) is 3.39. The summed E-state index contributed by atoms with van der Waals surface area (Å²) < 4.78 is 2.10. The van der Waals surface area contributed by atoms with E-state index in [0.29, 0.717) is 13.0 Å². The first-order valence-electron chi connectivity index (χ1n) is 8.89. The van der Waals surface area contributed by atoms with E-state index in [0.717, 1.165) is 37.2 Å². The van der Waals surface area contributed by atoms with Gasteiger partial charge in [0, 0.05) is 25.5 Å². The predicted octanol–water partition coefficient (Wildman–Crippen LogP) is 2.10. The first-order chi connectivity index (χ1) is 12.1. The average molecular weight is 342 g/mol. The van der Waals surface area contributed by atoms with Gasteiger partial charge in [0.25, 0.3) is 0 Å². The molecule has 1 aromatic carbocycles. The molecule has 0 bridgehead atoms. The van der Waals surface area contributed by atoms with E-state index in [1.165, 1.54) is 5.56 Å². The number of aryl methyl sites for hydroxylation is 3. The van der Waals surface area contributed by atoms with Crippen LogP contribution in [0.3, 0.4) is 0 Å². The van der Waals surface area contributed by atoms with Crippen molar-refractivity contribution in [2.75, 3.05) is 13.1 Å². The number of unbranched alkanes of at least 4 members (excludes halogenated alkanes) is 1. The molecule has 3 N–H and O–H groups in total. The predicted molar refractivity (Wildman–Crippen MR) is 96.3 cm³/mol. The van der Waals surface area contributed by atoms with E-state index in [2.05, 4.69) is 20.2 Å². The number of imidazole rings is 1. The second kappa shape index (κ2) is 7.70. The van der Waals surface area contributed by atoms with Gasteiger partial charge in [0.15, 0.2) is 0 Å². The number of fused-ring (bicyclic) bond motifs is 1. The third-order valence-electron chi connectivity index (χ3n) is 4.90. The van der Waals surface area contributed by atoms with Gasteiger partial charge in [-0.25, -0.2) is 9.78 Å². The number of aromatic nitrogens is 2. The Hall–Kier alpha value is -2.34. The fraction of sp³-hybridized carbons (Fsp3) is 0.474. The summed E-state index contributed by atoms with van der Waals surface area (Å²) in [6.07, 6.45) is 7.15. The van der Waals surface area contributed by atoms with E-state index in [1.54, 1.807) is 6.20 Å². The van der Waals surface area contributed by atoms with Gasteiger partial charge < -0.3 is 20.3 Å². The van der Waals surface area contributed by atoms with E-state index in [4.69, 9.17) is 0 Å². The van der Waals surface area contributed by atoms with Crippen LogP contribution in [-0.4, -0.2) is 33.8 Å². The Labute approximate surface area is 148 Å². The van der Waals surface area contributed by atoms with Gasteiger partial charge >= 0.3 is 6.03 Å². The number of urea groups is 1. The molecule has 0 radical (unpaired) electrons. The molecule has 134 valence electrons. The zero-order chi connectivity index (χ0) is 17.7. The number of rotatable bonds is 7. The molecule has 2 aromatic rings. The molecule has 1 aromatic heterocycles. The molecule has 3 rings (SSSR count). The molecule has 6 heteroatoms. The average Bonchev–Trinajstić information content (AvgIpc) is 3.17. The topological polar surface area (TPSA) is 79.2 Å². The molecule has 0 aliphatic heterocycles. The standard InChI is InChI=1S/C19H26N4O2/c1-15-20-11-13-23(15)12-5-4-10-21-18(24)22-14-19(25)9-8-16-6-2-3-7-17(16)19/h2-3,6-7,11,13,25H,4-5,8-10,12,14H2,1H3,(H2,21,22,24). The van der Waals surface area contributed by atoms with Gasteiger partial charge in [-0.15, -0.1) is 0 Å². The lowest BCUT2D eigenvalue weighted by atomic mass is 9.96. The van der Waals surface area contributed by atoms with Crippen LogP contribution in [0.4, 0.5) is 4.79 Å². The lowest BCUT2D eigenvalue weighted by Gasteiger charge is -2.24. The summed E-state index contributed by atoms with van der Waals surface area (Å²) in [5.74, 6) is 1.01. The quantitative estimate of drug-likeness (QED) is 0.674. The van der Waals surface area contributed by atoms with Crippen molar-refractivity contribution in [1.29, 1.82) is 0 Å². The van der Waals surface area contributed by atoms with E-state index in [1.807, 2.05) is 37.4 Å². The smallest absolute Gasteiger partial charge is 0.314 e. The lowest BCUT2D eigenvalue weighted by Crippen LogP contribution is -2.44. The van der Waals surface area contributed by atoms with E-state index in [9.17, 15) is 9.90 Å². The second-order valence-electron chi connectivity index (χ2n) is 6.67. The largest absolute Gasteiger partial charge is 0.383 e. The van der Waals surface area contributed by atoms with Crippen molar-refractivity contribution in [2.24, 2.45) is 0 Å². The summed E-state index contributed by atoms with van der Waals surface area (Å²) in [5, 5.41) is 16.4. The molecular weight excluding hydrogens is 316 g/mol. The number of aliphatic hydroxyl groups is 1. The first kappa shape index (κ1) is 17.5. The van der Waals surface area contributed by atoms with Crippen molar-refractivity contribution in [3.8, 4) is 0 Å². The zero-order valence-corrected chi connectivity index (χ0v) is 14.7. The third-order valence-corrected chi connectivity index (χ3v) is 4.90. The molecule has 0 fully saturated rings. The number of carbonyl (C=O) groups is 1. The van der Waals surface area contributed by atoms with Gasteiger partial charge in [0.05, 0.1) is 6.54 Å². The minimum atomic E-state index is -0.952. The molecule has 0 saturated heterocycles. The highest BCUT2D eigenvalue weighted by atomic mass is 16.3. The van der Waals surface area contributed by atoms with Crippen LogP contribution < -0.4 is 10.6 Å². The number of nitrogens with zero attached hydrogens (tertiary/aromatic N) is 2. The molecule has 2 amide bonds. The van der Waals surface area contributed by atoms with Crippen LogP contribution in [0.1, 0.15) is 36.2 Å². The highest BCUT2D eigenvalue weighted by Crippen LogP contribution is 2.35. The fourth-order valence-electron chi connectivity index (χ4n) is 3.39. The molecule has 1 heterocycles. The Morgan fingerprint density at radius 1 is 1.32 bits per heavy atom. The zero-order valence-electron chi connectivity index (χ0n) is 14.7. The summed E-state index contributed by atoms with van der Waals surface area (Å²) in [7, 11) is 0. The molecular formula is C19H26N4O2. The molecule has 0 spiro atoms. The van der Waals surface area contributed by atoms with Gasteiger partial charge in [-0.2, -0.15) is 0 Å². The maximum Gasteiger partial charge on any atom is 0.314 e. The molecule has 25 heavy (non-hydrogen) atoms. The van der Waals surface area contributed by atoms with Gasteiger partial charge in [-0.05, 0) is 43.7 Å². The van der Waals surface area contributed by atoms with Gasteiger partial charge in [0.1, 0.15) is 11.4 Å². The summed E-state index contributed by atoms with van der Waals surface area (Å²) >= 11 is 0. The maximum atomic E-state index is 12.0. The van der Waals surface area contributed by atoms with Crippen molar-refractivity contribution in [1.82, 2.24) is 20.2 Å². The minimum absolute atomic E-state index is 0.225. The second-order valence-corrected chi connectivity index (χ2v) is 6.67. The molecule has 1 atom stereocenters. The van der Waals surface area contributed by atoms with Crippen molar-refractivity contribution in [2.45, 2.75) is 44.8 Å². The molecule has 6 nitrogen and oxygen atoms in total. The van der Waals surface area contributed by atoms with E-state index >= 15 is 0 Å². The van der Waals surface area contributed by atoms with Crippen LogP contribution in [0, 0.1) is 6.92 Å². The highest BCUT2D eigenvalue weighted by Gasteiger charge is 2.36. The van der Waals surface area contributed by atoms with Crippen LogP contribution >= 0.6 is 0 Å². The van der Waals surface area contributed by atoms with E-state index in [-0.39, 0.29) is 12.6 Å². The SMILES string of the molecule is Cc1nccn1CCCCNC(=O)NCC1(O)CCc2ccccc21. The monoisotopic (exact) mass is 342 g/mol. The molecule has 1 aliphatic rings. The van der Waals surface area contributed by atoms with Gasteiger partial charge in [0.2, 0.25) is 0 Å². The Morgan fingerprint density at radius 3 is 2.96 bits per heavy atom. The van der Waals surface area contributed by atoms with Crippen molar-refractivity contribution < 1.29 is 9.90 Å². The molecule has 1 aliphatic carbocycles. The van der Waals surface area contributed by atoms with Crippen molar-refractivity contribution in [3.63, 3.8) is 0 Å². The number of nitrogens with one attached hydrogen (secondary N) is 2. The minimum Gasteiger partial charge on any atom is -0.383 e.